The van der Waals surface area contributed by atoms with Crippen LogP contribution in [0.4, 0.5) is 5.00 Å². The van der Waals surface area contributed by atoms with Crippen molar-refractivity contribution in [2.45, 2.75) is 25.7 Å². The highest BCUT2D eigenvalue weighted by Crippen LogP contribution is 2.38. The van der Waals surface area contributed by atoms with E-state index < -0.39 is 17.8 Å². The molecule has 0 aromatic carbocycles. The first-order valence-corrected chi connectivity index (χ1v) is 8.55. The zero-order valence-electron chi connectivity index (χ0n) is 13.8. The zero-order valence-corrected chi connectivity index (χ0v) is 14.6. The second-order valence-corrected chi connectivity index (χ2v) is 6.84. The Bertz CT molecular complexity index is 867. The molecule has 2 heterocycles. The van der Waals surface area contributed by atoms with Gasteiger partial charge in [-0.05, 0) is 31.2 Å². The number of carboxylic acid groups (broad SMARTS) is 1. The summed E-state index contributed by atoms with van der Waals surface area (Å²) in [5.41, 5.74) is 0.888. The number of hydrogen-bond donors (Lipinski definition) is 2. The predicted molar refractivity (Wildman–Crippen MR) is 90.4 cm³/mol. The molecule has 8 nitrogen and oxygen atoms in total. The molecular formula is C16H17N3O5S. The van der Waals surface area contributed by atoms with Crippen LogP contribution in [-0.4, -0.2) is 39.8 Å². The van der Waals surface area contributed by atoms with E-state index in [4.69, 9.17) is 4.74 Å². The van der Waals surface area contributed by atoms with Crippen LogP contribution in [0.3, 0.4) is 0 Å². The number of hydrogen-bond acceptors (Lipinski definition) is 6. The van der Waals surface area contributed by atoms with E-state index in [9.17, 15) is 19.5 Å². The summed E-state index contributed by atoms with van der Waals surface area (Å²) in [6.07, 6.45) is 4.88. The molecule has 2 aromatic rings. The lowest BCUT2D eigenvalue weighted by Gasteiger charge is -2.11. The van der Waals surface area contributed by atoms with E-state index in [1.165, 1.54) is 36.4 Å². The van der Waals surface area contributed by atoms with E-state index in [0.29, 0.717) is 10.6 Å². The Kier molecular flexibility index (Phi) is 4.58. The number of aromatic nitrogens is 2. The minimum absolute atomic E-state index is 0.194. The highest BCUT2D eigenvalue weighted by atomic mass is 32.1. The molecule has 25 heavy (non-hydrogen) atoms. The van der Waals surface area contributed by atoms with Crippen LogP contribution in [0.1, 0.15) is 54.5 Å². The molecule has 132 valence electrons. The van der Waals surface area contributed by atoms with E-state index >= 15 is 0 Å². The fourth-order valence-corrected chi connectivity index (χ4v) is 4.22. The van der Waals surface area contributed by atoms with Gasteiger partial charge in [-0.1, -0.05) is 0 Å². The number of amides is 1. The van der Waals surface area contributed by atoms with Gasteiger partial charge in [-0.2, -0.15) is 5.10 Å². The molecule has 0 spiro atoms. The smallest absolute Gasteiger partial charge is 0.341 e. The number of anilines is 1. The number of carbonyl (C=O) groups is 3. The van der Waals surface area contributed by atoms with Gasteiger partial charge in [-0.25, -0.2) is 9.59 Å². The van der Waals surface area contributed by atoms with Gasteiger partial charge in [0, 0.05) is 18.1 Å². The molecule has 1 aliphatic rings. The quantitative estimate of drug-likeness (QED) is 0.805. The molecule has 0 fully saturated rings. The van der Waals surface area contributed by atoms with Crippen molar-refractivity contribution < 1.29 is 24.2 Å². The van der Waals surface area contributed by atoms with Crippen molar-refractivity contribution in [1.29, 1.82) is 0 Å². The maximum Gasteiger partial charge on any atom is 0.341 e. The summed E-state index contributed by atoms with van der Waals surface area (Å²) in [6.45, 7) is 0. The number of nitrogens with one attached hydrogen (secondary N) is 1. The van der Waals surface area contributed by atoms with Crippen molar-refractivity contribution in [3.63, 3.8) is 0 Å². The SMILES string of the molecule is COC(=O)c1c(NC(=O)c2nn(C)cc2C(=O)O)sc2c1CCCC2. The van der Waals surface area contributed by atoms with Gasteiger partial charge in [-0.3, -0.25) is 9.48 Å². The lowest BCUT2D eigenvalue weighted by Crippen LogP contribution is -2.18. The number of aromatic carboxylic acids is 1. The molecule has 0 saturated carbocycles. The average Bonchev–Trinajstić information content (AvgIpc) is 3.14. The summed E-state index contributed by atoms with van der Waals surface area (Å²) < 4.78 is 6.12. The average molecular weight is 363 g/mol. The Hall–Kier alpha value is -2.68. The number of methoxy groups -OCH3 is 1. The molecule has 0 atom stereocenters. The van der Waals surface area contributed by atoms with Crippen LogP contribution in [0.2, 0.25) is 0 Å². The van der Waals surface area contributed by atoms with Crippen molar-refractivity contribution in [2.24, 2.45) is 7.05 Å². The predicted octanol–water partition coefficient (Wildman–Crippen LogP) is 2.10. The van der Waals surface area contributed by atoms with E-state index in [2.05, 4.69) is 10.4 Å². The maximum absolute atomic E-state index is 12.5. The van der Waals surface area contributed by atoms with Gasteiger partial charge >= 0.3 is 11.9 Å². The van der Waals surface area contributed by atoms with Gasteiger partial charge in [0.15, 0.2) is 5.69 Å². The Labute approximate surface area is 147 Å². The van der Waals surface area contributed by atoms with Gasteiger partial charge < -0.3 is 15.2 Å². The number of thiophene rings is 1. The minimum atomic E-state index is -1.24. The summed E-state index contributed by atoms with van der Waals surface area (Å²) in [5, 5.41) is 16.1. The second kappa shape index (κ2) is 6.67. The van der Waals surface area contributed by atoms with Gasteiger partial charge in [0.25, 0.3) is 5.91 Å². The Morgan fingerprint density at radius 1 is 1.32 bits per heavy atom. The molecular weight excluding hydrogens is 346 g/mol. The topological polar surface area (TPSA) is 111 Å². The first kappa shape index (κ1) is 17.2. The van der Waals surface area contributed by atoms with Crippen molar-refractivity contribution in [3.8, 4) is 0 Å². The van der Waals surface area contributed by atoms with Crippen LogP contribution in [-0.2, 0) is 24.6 Å². The van der Waals surface area contributed by atoms with Crippen LogP contribution in [0.5, 0.6) is 0 Å². The number of aryl methyl sites for hydroxylation is 2. The standard InChI is InChI=1S/C16H17N3O5S/c1-19-7-9(15(21)22)12(18-19)13(20)17-14-11(16(23)24-2)8-5-3-4-6-10(8)25-14/h7H,3-6H2,1-2H3,(H,17,20)(H,21,22). The molecule has 3 rings (SSSR count). The fraction of sp³-hybridized carbons (Fsp3) is 0.375. The van der Waals surface area contributed by atoms with E-state index in [1.54, 1.807) is 0 Å². The minimum Gasteiger partial charge on any atom is -0.478 e. The third-order valence-electron chi connectivity index (χ3n) is 4.06. The number of carboxylic acids is 1. The molecule has 0 bridgehead atoms. The summed E-state index contributed by atoms with van der Waals surface area (Å²) in [5.74, 6) is -2.41. The van der Waals surface area contributed by atoms with Crippen molar-refractivity contribution in [2.75, 3.05) is 12.4 Å². The normalized spacial score (nSPS) is 13.2. The summed E-state index contributed by atoms with van der Waals surface area (Å²) in [7, 11) is 2.83. The number of carbonyl (C=O) groups excluding carboxylic acids is 2. The number of fused-ring (bicyclic) bond motifs is 1. The van der Waals surface area contributed by atoms with Crippen LogP contribution in [0.25, 0.3) is 0 Å². The van der Waals surface area contributed by atoms with Crippen molar-refractivity contribution in [1.82, 2.24) is 9.78 Å². The fourth-order valence-electron chi connectivity index (χ4n) is 2.95. The second-order valence-electron chi connectivity index (χ2n) is 5.73. The summed E-state index contributed by atoms with van der Waals surface area (Å²) >= 11 is 1.33. The summed E-state index contributed by atoms with van der Waals surface area (Å²) in [4.78, 5) is 37.0. The number of ether oxygens (including phenoxy) is 1. The van der Waals surface area contributed by atoms with E-state index in [1.807, 2.05) is 0 Å². The van der Waals surface area contributed by atoms with Crippen LogP contribution < -0.4 is 5.32 Å². The zero-order chi connectivity index (χ0) is 18.1. The molecule has 2 N–H and O–H groups in total. The Morgan fingerprint density at radius 2 is 2.04 bits per heavy atom. The molecule has 0 saturated heterocycles. The van der Waals surface area contributed by atoms with Crippen molar-refractivity contribution >= 4 is 34.2 Å². The first-order valence-electron chi connectivity index (χ1n) is 7.73. The van der Waals surface area contributed by atoms with E-state index in [-0.39, 0.29) is 11.3 Å². The Morgan fingerprint density at radius 3 is 2.72 bits per heavy atom. The monoisotopic (exact) mass is 363 g/mol. The number of rotatable bonds is 4. The lowest BCUT2D eigenvalue weighted by atomic mass is 9.95. The molecule has 0 unspecified atom stereocenters. The van der Waals surface area contributed by atoms with Gasteiger partial charge in [0.2, 0.25) is 0 Å². The van der Waals surface area contributed by atoms with Crippen molar-refractivity contribution in [3.05, 3.63) is 33.5 Å². The molecule has 1 amide bonds. The Balaban J connectivity index is 1.98. The molecule has 0 aliphatic heterocycles. The molecule has 9 heteroatoms. The molecule has 0 radical (unpaired) electrons. The maximum atomic E-state index is 12.5. The highest BCUT2D eigenvalue weighted by molar-refractivity contribution is 7.17. The first-order chi connectivity index (χ1) is 11.9. The molecule has 2 aromatic heterocycles. The van der Waals surface area contributed by atoms with E-state index in [0.717, 1.165) is 36.1 Å². The van der Waals surface area contributed by atoms with Crippen LogP contribution >= 0.6 is 11.3 Å². The largest absolute Gasteiger partial charge is 0.478 e. The number of esters is 1. The molecule has 1 aliphatic carbocycles. The van der Waals surface area contributed by atoms with Gasteiger partial charge in [0.05, 0.1) is 12.7 Å². The third-order valence-corrected chi connectivity index (χ3v) is 5.27. The summed E-state index contributed by atoms with van der Waals surface area (Å²) in [6, 6.07) is 0. The van der Waals surface area contributed by atoms with Gasteiger partial charge in [-0.15, -0.1) is 11.3 Å². The lowest BCUT2D eigenvalue weighted by molar-refractivity contribution is 0.0600. The third kappa shape index (κ3) is 3.14. The van der Waals surface area contributed by atoms with Crippen LogP contribution in [0.15, 0.2) is 6.20 Å². The van der Waals surface area contributed by atoms with Gasteiger partial charge in [0.1, 0.15) is 10.6 Å². The highest BCUT2D eigenvalue weighted by Gasteiger charge is 2.29. The van der Waals surface area contributed by atoms with Crippen LogP contribution in [0, 0.1) is 0 Å². The number of nitrogens with zero attached hydrogens (tertiary/aromatic N) is 2.